The van der Waals surface area contributed by atoms with E-state index in [-0.39, 0.29) is 12.5 Å². The lowest BCUT2D eigenvalue weighted by atomic mass is 9.97. The molecule has 1 atom stereocenters. The largest absolute Gasteiger partial charge is 0.454 e. The Hall–Kier alpha value is -3.00. The monoisotopic (exact) mass is 366 g/mol. The van der Waals surface area contributed by atoms with Gasteiger partial charge in [-0.25, -0.2) is 9.97 Å². The highest BCUT2D eigenvalue weighted by Gasteiger charge is 2.27. The van der Waals surface area contributed by atoms with Crippen molar-refractivity contribution in [1.82, 2.24) is 24.7 Å². The average molecular weight is 366 g/mol. The maximum atomic E-state index is 9.33. The molecule has 8 nitrogen and oxygen atoms in total. The van der Waals surface area contributed by atoms with E-state index in [0.717, 1.165) is 37.5 Å². The molecule has 2 aromatic heterocycles. The predicted octanol–water partition coefficient (Wildman–Crippen LogP) is 2.27. The highest BCUT2D eigenvalue weighted by atomic mass is 16.5. The van der Waals surface area contributed by atoms with Gasteiger partial charge in [-0.2, -0.15) is 0 Å². The standard InChI is InChI=1S/C19H22N6O2/c1-24-17(13-26)22-23-18(24)14-6-5-9-25(12-14)19-20-10-16(11-21-19)27-15-7-3-2-4-8-15/h2-4,7-8,10-11,14,26H,5-6,9,12-13H2,1H3. The summed E-state index contributed by atoms with van der Waals surface area (Å²) < 4.78 is 7.63. The number of ether oxygens (including phenoxy) is 1. The topological polar surface area (TPSA) is 89.2 Å². The van der Waals surface area contributed by atoms with E-state index in [4.69, 9.17) is 4.74 Å². The maximum absolute atomic E-state index is 9.33. The molecule has 1 aliphatic heterocycles. The number of hydrogen-bond donors (Lipinski definition) is 1. The summed E-state index contributed by atoms with van der Waals surface area (Å²) in [5.41, 5.74) is 0. The van der Waals surface area contributed by atoms with E-state index in [1.807, 2.05) is 41.9 Å². The average Bonchev–Trinajstić information content (AvgIpc) is 3.10. The summed E-state index contributed by atoms with van der Waals surface area (Å²) in [6.07, 6.45) is 5.46. The van der Waals surface area contributed by atoms with E-state index in [0.29, 0.717) is 17.5 Å². The molecule has 0 bridgehead atoms. The Morgan fingerprint density at radius 3 is 2.59 bits per heavy atom. The van der Waals surface area contributed by atoms with Crippen molar-refractivity contribution in [3.63, 3.8) is 0 Å². The van der Waals surface area contributed by atoms with Crippen LogP contribution in [0.1, 0.15) is 30.4 Å². The van der Waals surface area contributed by atoms with Crippen LogP contribution in [0.25, 0.3) is 0 Å². The molecular formula is C19H22N6O2. The lowest BCUT2D eigenvalue weighted by Crippen LogP contribution is -2.36. The summed E-state index contributed by atoms with van der Waals surface area (Å²) in [5, 5.41) is 17.6. The van der Waals surface area contributed by atoms with Gasteiger partial charge in [0.2, 0.25) is 5.95 Å². The number of para-hydroxylation sites is 1. The molecule has 1 saturated heterocycles. The van der Waals surface area contributed by atoms with Crippen molar-refractivity contribution in [2.75, 3.05) is 18.0 Å². The normalized spacial score (nSPS) is 17.1. The molecule has 0 aliphatic carbocycles. The smallest absolute Gasteiger partial charge is 0.225 e. The Balaban J connectivity index is 1.45. The summed E-state index contributed by atoms with van der Waals surface area (Å²) in [7, 11) is 1.89. The van der Waals surface area contributed by atoms with Gasteiger partial charge in [-0.05, 0) is 25.0 Å². The van der Waals surface area contributed by atoms with E-state index in [1.165, 1.54) is 0 Å². The number of rotatable bonds is 5. The van der Waals surface area contributed by atoms with Crippen molar-refractivity contribution in [2.24, 2.45) is 7.05 Å². The summed E-state index contributed by atoms with van der Waals surface area (Å²) in [6.45, 7) is 1.57. The van der Waals surface area contributed by atoms with Gasteiger partial charge < -0.3 is 19.3 Å². The number of anilines is 1. The molecule has 4 rings (SSSR count). The van der Waals surface area contributed by atoms with E-state index in [2.05, 4.69) is 25.1 Å². The zero-order chi connectivity index (χ0) is 18.6. The van der Waals surface area contributed by atoms with Crippen molar-refractivity contribution in [2.45, 2.75) is 25.4 Å². The first-order chi connectivity index (χ1) is 13.2. The third-order valence-electron chi connectivity index (χ3n) is 4.80. The molecule has 0 saturated carbocycles. The van der Waals surface area contributed by atoms with Gasteiger partial charge in [-0.1, -0.05) is 18.2 Å². The molecule has 3 aromatic rings. The number of hydrogen-bond acceptors (Lipinski definition) is 7. The zero-order valence-electron chi connectivity index (χ0n) is 15.2. The number of aromatic nitrogens is 5. The molecule has 3 heterocycles. The van der Waals surface area contributed by atoms with Gasteiger partial charge in [0.1, 0.15) is 18.2 Å². The lowest BCUT2D eigenvalue weighted by molar-refractivity contribution is 0.266. The van der Waals surface area contributed by atoms with Gasteiger partial charge in [0.15, 0.2) is 11.6 Å². The first-order valence-corrected chi connectivity index (χ1v) is 9.03. The van der Waals surface area contributed by atoms with Crippen LogP contribution in [0, 0.1) is 0 Å². The van der Waals surface area contributed by atoms with Crippen LogP contribution < -0.4 is 9.64 Å². The Labute approximate surface area is 157 Å². The van der Waals surface area contributed by atoms with Crippen molar-refractivity contribution in [3.05, 3.63) is 54.4 Å². The van der Waals surface area contributed by atoms with E-state index in [1.54, 1.807) is 12.4 Å². The second kappa shape index (κ2) is 7.71. The zero-order valence-corrected chi connectivity index (χ0v) is 15.2. The van der Waals surface area contributed by atoms with Gasteiger partial charge in [0.25, 0.3) is 0 Å². The highest BCUT2D eigenvalue weighted by molar-refractivity contribution is 5.35. The molecule has 1 aliphatic rings. The Morgan fingerprint density at radius 2 is 1.89 bits per heavy atom. The van der Waals surface area contributed by atoms with Gasteiger partial charge in [-0.3, -0.25) is 0 Å². The summed E-state index contributed by atoms with van der Waals surface area (Å²) in [4.78, 5) is 11.1. The van der Waals surface area contributed by atoms with Gasteiger partial charge in [0, 0.05) is 26.1 Å². The van der Waals surface area contributed by atoms with Gasteiger partial charge in [0.05, 0.1) is 12.4 Å². The van der Waals surface area contributed by atoms with Crippen LogP contribution in [0.4, 0.5) is 5.95 Å². The summed E-state index contributed by atoms with van der Waals surface area (Å²) in [5.74, 6) is 3.77. The third kappa shape index (κ3) is 3.75. The quantitative estimate of drug-likeness (QED) is 0.741. The second-order valence-corrected chi connectivity index (χ2v) is 6.61. The lowest BCUT2D eigenvalue weighted by Gasteiger charge is -2.32. The Bertz CT molecular complexity index is 881. The van der Waals surface area contributed by atoms with Crippen LogP contribution in [0.2, 0.25) is 0 Å². The van der Waals surface area contributed by atoms with Gasteiger partial charge >= 0.3 is 0 Å². The van der Waals surface area contributed by atoms with Crippen LogP contribution in [-0.2, 0) is 13.7 Å². The minimum Gasteiger partial charge on any atom is -0.454 e. The fourth-order valence-electron chi connectivity index (χ4n) is 3.39. The molecule has 8 heteroatoms. The van der Waals surface area contributed by atoms with Gasteiger partial charge in [-0.15, -0.1) is 10.2 Å². The molecular weight excluding hydrogens is 344 g/mol. The van der Waals surface area contributed by atoms with Crippen LogP contribution in [0.15, 0.2) is 42.7 Å². The van der Waals surface area contributed by atoms with Crippen LogP contribution >= 0.6 is 0 Å². The predicted molar refractivity (Wildman–Crippen MR) is 99.7 cm³/mol. The Kier molecular flexibility index (Phi) is 4.97. The van der Waals surface area contributed by atoms with Crippen molar-refractivity contribution in [3.8, 4) is 11.5 Å². The Morgan fingerprint density at radius 1 is 1.11 bits per heavy atom. The number of benzene rings is 1. The molecule has 140 valence electrons. The maximum Gasteiger partial charge on any atom is 0.225 e. The molecule has 1 fully saturated rings. The van der Waals surface area contributed by atoms with Crippen LogP contribution in [0.5, 0.6) is 11.5 Å². The SMILES string of the molecule is Cn1c(CO)nnc1C1CCCN(c2ncc(Oc3ccccc3)cn2)C1. The number of aliphatic hydroxyl groups excluding tert-OH is 1. The minimum absolute atomic E-state index is 0.105. The minimum atomic E-state index is -0.105. The van der Waals surface area contributed by atoms with E-state index >= 15 is 0 Å². The highest BCUT2D eigenvalue weighted by Crippen LogP contribution is 2.28. The molecule has 1 N–H and O–H groups in total. The van der Waals surface area contributed by atoms with E-state index < -0.39 is 0 Å². The fourth-order valence-corrected chi connectivity index (χ4v) is 3.39. The number of piperidine rings is 1. The first-order valence-electron chi connectivity index (χ1n) is 9.03. The molecule has 1 unspecified atom stereocenters. The van der Waals surface area contributed by atoms with E-state index in [9.17, 15) is 5.11 Å². The molecule has 0 radical (unpaired) electrons. The van der Waals surface area contributed by atoms with Crippen molar-refractivity contribution >= 4 is 5.95 Å². The third-order valence-corrected chi connectivity index (χ3v) is 4.80. The fraction of sp³-hybridized carbons (Fsp3) is 0.368. The molecule has 1 aromatic carbocycles. The summed E-state index contributed by atoms with van der Waals surface area (Å²) in [6, 6.07) is 9.58. The number of aliphatic hydroxyl groups is 1. The second-order valence-electron chi connectivity index (χ2n) is 6.61. The van der Waals surface area contributed by atoms with Crippen molar-refractivity contribution < 1.29 is 9.84 Å². The first kappa shape index (κ1) is 17.4. The molecule has 27 heavy (non-hydrogen) atoms. The summed E-state index contributed by atoms with van der Waals surface area (Å²) >= 11 is 0. The number of nitrogens with zero attached hydrogens (tertiary/aromatic N) is 6. The van der Waals surface area contributed by atoms with Crippen LogP contribution in [0.3, 0.4) is 0 Å². The van der Waals surface area contributed by atoms with Crippen molar-refractivity contribution in [1.29, 1.82) is 0 Å². The molecule has 0 amide bonds. The molecule has 0 spiro atoms. The van der Waals surface area contributed by atoms with Crippen LogP contribution in [-0.4, -0.2) is 42.9 Å².